The van der Waals surface area contributed by atoms with Crippen molar-refractivity contribution in [2.45, 2.75) is 69.6 Å². The van der Waals surface area contributed by atoms with Crippen molar-refractivity contribution in [3.05, 3.63) is 17.6 Å². The molecule has 7 nitrogen and oxygen atoms in total. The first-order valence-corrected chi connectivity index (χ1v) is 9.74. The molecule has 142 valence electrons. The monoisotopic (exact) mass is 360 g/mol. The maximum absolute atomic E-state index is 12.8. The van der Waals surface area contributed by atoms with Crippen molar-refractivity contribution in [2.24, 2.45) is 5.73 Å². The molecule has 4 heterocycles. The van der Waals surface area contributed by atoms with E-state index in [4.69, 9.17) is 15.2 Å². The number of carbonyl (C=O) groups is 1. The molecule has 2 unspecified atom stereocenters. The number of carbonyl (C=O) groups excluding carboxylic acids is 1. The molecule has 1 saturated heterocycles. The molecular formula is C19H28N4O3. The summed E-state index contributed by atoms with van der Waals surface area (Å²) >= 11 is 0. The molecule has 5 rings (SSSR count). The lowest BCUT2D eigenvalue weighted by Gasteiger charge is -2.40. The van der Waals surface area contributed by atoms with Crippen molar-refractivity contribution in [1.29, 1.82) is 0 Å². The third-order valence-corrected chi connectivity index (χ3v) is 6.12. The van der Waals surface area contributed by atoms with Crippen LogP contribution in [0.1, 0.15) is 55.7 Å². The van der Waals surface area contributed by atoms with E-state index in [1.807, 2.05) is 11.8 Å². The summed E-state index contributed by atoms with van der Waals surface area (Å²) in [4.78, 5) is 23.4. The molecule has 1 saturated carbocycles. The highest BCUT2D eigenvalue weighted by Crippen LogP contribution is 2.39. The fourth-order valence-corrected chi connectivity index (χ4v) is 4.62. The van der Waals surface area contributed by atoms with Gasteiger partial charge in [-0.05, 0) is 51.4 Å². The maximum Gasteiger partial charge on any atom is 0.260 e. The molecule has 2 bridgehead atoms. The Balaban J connectivity index is 1.64. The molecule has 2 fully saturated rings. The van der Waals surface area contributed by atoms with Crippen LogP contribution in [0.4, 0.5) is 0 Å². The van der Waals surface area contributed by atoms with E-state index in [0.717, 1.165) is 49.8 Å². The SMILES string of the molecule is Cc1ncnc2c1C1CCC(CC1)OCC1C(N)CCCN1C(=O)CO2. The van der Waals surface area contributed by atoms with Crippen LogP contribution in [0, 0.1) is 6.92 Å². The Hall–Kier alpha value is -1.73. The van der Waals surface area contributed by atoms with E-state index in [0.29, 0.717) is 24.9 Å². The number of aromatic nitrogens is 2. The predicted octanol–water partition coefficient (Wildman–Crippen LogP) is 1.54. The molecule has 3 aliphatic heterocycles. The Labute approximate surface area is 154 Å². The molecule has 1 aromatic rings. The lowest BCUT2D eigenvalue weighted by molar-refractivity contribution is -0.140. The van der Waals surface area contributed by atoms with E-state index in [2.05, 4.69) is 9.97 Å². The average Bonchev–Trinajstić information content (AvgIpc) is 2.66. The Bertz CT molecular complexity index is 660. The van der Waals surface area contributed by atoms with E-state index < -0.39 is 0 Å². The van der Waals surface area contributed by atoms with Crippen molar-refractivity contribution < 1.29 is 14.3 Å². The van der Waals surface area contributed by atoms with Gasteiger partial charge in [0.2, 0.25) is 5.88 Å². The van der Waals surface area contributed by atoms with Gasteiger partial charge < -0.3 is 20.1 Å². The zero-order valence-electron chi connectivity index (χ0n) is 15.4. The van der Waals surface area contributed by atoms with Crippen LogP contribution in [0.3, 0.4) is 0 Å². The Kier molecular flexibility index (Phi) is 5.09. The number of aryl methyl sites for hydroxylation is 1. The number of hydrogen-bond donors (Lipinski definition) is 1. The molecule has 2 atom stereocenters. The number of nitrogens with zero attached hydrogens (tertiary/aromatic N) is 3. The minimum absolute atomic E-state index is 0.0111. The molecular weight excluding hydrogens is 332 g/mol. The van der Waals surface area contributed by atoms with Crippen LogP contribution in [0.5, 0.6) is 5.88 Å². The fourth-order valence-electron chi connectivity index (χ4n) is 4.62. The Morgan fingerprint density at radius 3 is 2.81 bits per heavy atom. The predicted molar refractivity (Wildman–Crippen MR) is 95.9 cm³/mol. The maximum atomic E-state index is 12.8. The number of fused-ring (bicyclic) bond motifs is 5. The number of rotatable bonds is 0. The first kappa shape index (κ1) is 17.7. The van der Waals surface area contributed by atoms with Crippen LogP contribution in [0.2, 0.25) is 0 Å². The van der Waals surface area contributed by atoms with Gasteiger partial charge in [0.25, 0.3) is 5.91 Å². The summed E-state index contributed by atoms with van der Waals surface area (Å²) in [6.07, 6.45) is 7.70. The third-order valence-electron chi connectivity index (χ3n) is 6.12. The zero-order chi connectivity index (χ0) is 18.1. The Morgan fingerprint density at radius 1 is 1.19 bits per heavy atom. The third kappa shape index (κ3) is 3.42. The van der Waals surface area contributed by atoms with Gasteiger partial charge in [0.15, 0.2) is 6.61 Å². The zero-order valence-corrected chi connectivity index (χ0v) is 15.4. The molecule has 26 heavy (non-hydrogen) atoms. The topological polar surface area (TPSA) is 90.6 Å². The number of amides is 1. The summed E-state index contributed by atoms with van der Waals surface area (Å²) in [7, 11) is 0. The molecule has 4 aliphatic rings. The molecule has 0 aromatic carbocycles. The molecule has 0 radical (unpaired) electrons. The van der Waals surface area contributed by atoms with Crippen LogP contribution in [-0.2, 0) is 9.53 Å². The highest BCUT2D eigenvalue weighted by molar-refractivity contribution is 5.78. The summed E-state index contributed by atoms with van der Waals surface area (Å²) in [5, 5.41) is 0. The molecule has 1 aliphatic carbocycles. The van der Waals surface area contributed by atoms with Gasteiger partial charge in [0.05, 0.1) is 18.8 Å². The smallest absolute Gasteiger partial charge is 0.260 e. The van der Waals surface area contributed by atoms with Crippen molar-refractivity contribution >= 4 is 5.91 Å². The van der Waals surface area contributed by atoms with Crippen molar-refractivity contribution in [1.82, 2.24) is 14.9 Å². The van der Waals surface area contributed by atoms with Gasteiger partial charge in [-0.1, -0.05) is 0 Å². The lowest BCUT2D eigenvalue weighted by atomic mass is 9.82. The second-order valence-corrected chi connectivity index (χ2v) is 7.73. The van der Waals surface area contributed by atoms with Gasteiger partial charge in [-0.25, -0.2) is 9.97 Å². The average molecular weight is 360 g/mol. The van der Waals surface area contributed by atoms with Crippen LogP contribution in [0.25, 0.3) is 0 Å². The van der Waals surface area contributed by atoms with Crippen LogP contribution in [-0.4, -0.2) is 58.7 Å². The second kappa shape index (κ2) is 7.48. The van der Waals surface area contributed by atoms with E-state index >= 15 is 0 Å². The van der Waals surface area contributed by atoms with Crippen molar-refractivity contribution in [3.8, 4) is 5.88 Å². The summed E-state index contributed by atoms with van der Waals surface area (Å²) < 4.78 is 12.1. The number of nitrogens with two attached hydrogens (primary N) is 1. The molecule has 1 aromatic heterocycles. The van der Waals surface area contributed by atoms with Crippen LogP contribution >= 0.6 is 0 Å². The summed E-state index contributed by atoms with van der Waals surface area (Å²) in [6.45, 7) is 3.22. The first-order valence-electron chi connectivity index (χ1n) is 9.74. The minimum Gasteiger partial charge on any atom is -0.467 e. The van der Waals surface area contributed by atoms with E-state index in [1.54, 1.807) is 0 Å². The fraction of sp³-hybridized carbons (Fsp3) is 0.737. The van der Waals surface area contributed by atoms with Crippen molar-refractivity contribution in [3.63, 3.8) is 0 Å². The first-order chi connectivity index (χ1) is 12.6. The van der Waals surface area contributed by atoms with Gasteiger partial charge in [-0.2, -0.15) is 0 Å². The number of piperidine rings is 1. The van der Waals surface area contributed by atoms with E-state index in [9.17, 15) is 4.79 Å². The standard InChI is InChI=1S/C19H28N4O3/c1-12-18-13-4-6-14(7-5-13)25-9-16-15(20)3-2-8-23(16)17(24)10-26-19(18)22-11-21-12/h11,13-16H,2-10,20H2,1H3. The second-order valence-electron chi connectivity index (χ2n) is 7.73. The molecule has 1 amide bonds. The van der Waals surface area contributed by atoms with E-state index in [-0.39, 0.29) is 30.7 Å². The van der Waals surface area contributed by atoms with Gasteiger partial charge in [0, 0.05) is 23.8 Å². The minimum atomic E-state index is -0.0649. The van der Waals surface area contributed by atoms with Crippen LogP contribution < -0.4 is 10.5 Å². The quantitative estimate of drug-likeness (QED) is 0.755. The van der Waals surface area contributed by atoms with Gasteiger partial charge in [-0.3, -0.25) is 4.79 Å². The van der Waals surface area contributed by atoms with Gasteiger partial charge >= 0.3 is 0 Å². The normalized spacial score (nSPS) is 32.5. The number of hydrogen-bond acceptors (Lipinski definition) is 6. The highest BCUT2D eigenvalue weighted by atomic mass is 16.5. The largest absolute Gasteiger partial charge is 0.467 e. The summed E-state index contributed by atoms with van der Waals surface area (Å²) in [5.74, 6) is 0.890. The van der Waals surface area contributed by atoms with Gasteiger partial charge in [0.1, 0.15) is 6.33 Å². The number of ether oxygens (including phenoxy) is 2. The summed E-state index contributed by atoms with van der Waals surface area (Å²) in [5.41, 5.74) is 8.32. The van der Waals surface area contributed by atoms with Crippen LogP contribution in [0.15, 0.2) is 6.33 Å². The van der Waals surface area contributed by atoms with Gasteiger partial charge in [-0.15, -0.1) is 0 Å². The molecule has 0 spiro atoms. The Morgan fingerprint density at radius 2 is 2.00 bits per heavy atom. The summed E-state index contributed by atoms with van der Waals surface area (Å²) in [6, 6.07) is -0.101. The highest BCUT2D eigenvalue weighted by Gasteiger charge is 2.35. The van der Waals surface area contributed by atoms with E-state index in [1.165, 1.54) is 6.33 Å². The lowest BCUT2D eigenvalue weighted by Crippen LogP contribution is -2.57. The van der Waals surface area contributed by atoms with Crippen molar-refractivity contribution in [2.75, 3.05) is 19.8 Å². The molecule has 7 heteroatoms. The molecule has 2 N–H and O–H groups in total.